The van der Waals surface area contributed by atoms with Gasteiger partial charge < -0.3 is 39.2 Å². The van der Waals surface area contributed by atoms with Gasteiger partial charge in [-0.2, -0.15) is 0 Å². The third-order valence-electron chi connectivity index (χ3n) is 8.01. The number of benzene rings is 2. The molecule has 0 aliphatic carbocycles. The van der Waals surface area contributed by atoms with E-state index >= 15 is 0 Å². The van der Waals surface area contributed by atoms with Gasteiger partial charge in [-0.25, -0.2) is 4.79 Å². The normalized spacial score (nSPS) is 20.8. The van der Waals surface area contributed by atoms with Gasteiger partial charge >= 0.3 is 6.09 Å². The van der Waals surface area contributed by atoms with Crippen LogP contribution in [0.4, 0.5) is 10.5 Å². The van der Waals surface area contributed by atoms with Crippen LogP contribution in [-0.2, 0) is 20.8 Å². The second-order valence-electron chi connectivity index (χ2n) is 13.5. The predicted octanol–water partition coefficient (Wildman–Crippen LogP) is 6.55. The van der Waals surface area contributed by atoms with E-state index in [0.717, 1.165) is 37.0 Å². The number of nitrogens with two attached hydrogens (primary N) is 1. The summed E-state index contributed by atoms with van der Waals surface area (Å²) in [6.45, 7) is 13.5. The van der Waals surface area contributed by atoms with Crippen LogP contribution >= 0.6 is 0 Å². The minimum atomic E-state index is -0.613. The highest BCUT2D eigenvalue weighted by Crippen LogP contribution is 2.28. The average molecular weight is 642 g/mol. The number of methoxy groups -OCH3 is 1. The topological polar surface area (TPSA) is 113 Å². The van der Waals surface area contributed by atoms with E-state index in [9.17, 15) is 9.59 Å². The summed E-state index contributed by atoms with van der Waals surface area (Å²) in [5, 5.41) is 0. The van der Waals surface area contributed by atoms with Crippen LogP contribution in [-0.4, -0.2) is 86.1 Å². The van der Waals surface area contributed by atoms with Crippen LogP contribution in [0.1, 0.15) is 83.1 Å². The van der Waals surface area contributed by atoms with Crippen molar-refractivity contribution < 1.29 is 33.3 Å². The van der Waals surface area contributed by atoms with Crippen molar-refractivity contribution in [3.05, 3.63) is 53.6 Å². The second-order valence-corrected chi connectivity index (χ2v) is 13.5. The minimum Gasteiger partial charge on any atom is -0.497 e. The van der Waals surface area contributed by atoms with Crippen LogP contribution in [0.2, 0.25) is 0 Å². The molecule has 2 amide bonds. The summed E-state index contributed by atoms with van der Waals surface area (Å²) in [7, 11) is 3.35. The van der Waals surface area contributed by atoms with Crippen molar-refractivity contribution in [3.8, 4) is 11.5 Å². The fraction of sp³-hybridized carbons (Fsp3) is 0.611. The van der Waals surface area contributed by atoms with Crippen LogP contribution < -0.4 is 15.2 Å². The first-order valence-corrected chi connectivity index (χ1v) is 16.4. The zero-order valence-corrected chi connectivity index (χ0v) is 29.0. The highest BCUT2D eigenvalue weighted by molar-refractivity contribution is 5.98. The second kappa shape index (κ2) is 17.4. The molecule has 0 fully saturated rings. The van der Waals surface area contributed by atoms with Crippen LogP contribution in [0, 0.1) is 5.92 Å². The van der Waals surface area contributed by atoms with E-state index in [1.807, 2.05) is 63.8 Å². The lowest BCUT2D eigenvalue weighted by Crippen LogP contribution is -2.48. The van der Waals surface area contributed by atoms with E-state index in [-0.39, 0.29) is 30.1 Å². The van der Waals surface area contributed by atoms with Crippen molar-refractivity contribution in [2.75, 3.05) is 46.2 Å². The molecule has 1 aliphatic rings. The maximum atomic E-state index is 14.4. The van der Waals surface area contributed by atoms with Crippen molar-refractivity contribution in [2.24, 2.45) is 5.92 Å². The first-order chi connectivity index (χ1) is 21.8. The van der Waals surface area contributed by atoms with Crippen LogP contribution in [0.25, 0.3) is 0 Å². The number of rotatable bonds is 8. The molecule has 0 bridgehead atoms. The molecule has 10 heteroatoms. The Morgan fingerprint density at radius 1 is 1.11 bits per heavy atom. The van der Waals surface area contributed by atoms with Gasteiger partial charge in [0.25, 0.3) is 5.91 Å². The molecule has 3 rings (SSSR count). The number of fused-ring (bicyclic) bond motifs is 1. The van der Waals surface area contributed by atoms with Crippen molar-refractivity contribution in [2.45, 2.75) is 97.7 Å². The van der Waals surface area contributed by atoms with E-state index in [2.05, 4.69) is 6.92 Å². The Balaban J connectivity index is 1.89. The van der Waals surface area contributed by atoms with Crippen LogP contribution in [0.15, 0.2) is 42.5 Å². The molecule has 1 heterocycles. The third kappa shape index (κ3) is 11.7. The molecule has 256 valence electrons. The molecule has 10 nitrogen and oxygen atoms in total. The van der Waals surface area contributed by atoms with Gasteiger partial charge in [0.2, 0.25) is 0 Å². The number of anilines is 1. The summed E-state index contributed by atoms with van der Waals surface area (Å²) in [4.78, 5) is 30.7. The van der Waals surface area contributed by atoms with Crippen molar-refractivity contribution in [1.82, 2.24) is 9.80 Å². The maximum Gasteiger partial charge on any atom is 0.410 e. The summed E-state index contributed by atoms with van der Waals surface area (Å²) in [6, 6.07) is 12.7. The Labute approximate surface area is 275 Å². The Morgan fingerprint density at radius 2 is 1.83 bits per heavy atom. The molecule has 0 unspecified atom stereocenters. The molecule has 0 saturated heterocycles. The van der Waals surface area contributed by atoms with E-state index in [1.54, 1.807) is 37.3 Å². The van der Waals surface area contributed by atoms with Crippen molar-refractivity contribution in [3.63, 3.8) is 0 Å². The summed E-state index contributed by atoms with van der Waals surface area (Å²) in [5.41, 5.74) is 7.49. The number of nitrogens with zero attached hydrogens (tertiary/aromatic N) is 2. The summed E-state index contributed by atoms with van der Waals surface area (Å²) in [6.07, 6.45) is 2.86. The fourth-order valence-electron chi connectivity index (χ4n) is 5.32. The van der Waals surface area contributed by atoms with E-state index in [0.29, 0.717) is 49.9 Å². The summed E-state index contributed by atoms with van der Waals surface area (Å²) >= 11 is 0. The zero-order valence-electron chi connectivity index (χ0n) is 29.0. The third-order valence-corrected chi connectivity index (χ3v) is 8.01. The number of nitrogen functional groups attached to an aromatic ring is 1. The first kappa shape index (κ1) is 37.0. The van der Waals surface area contributed by atoms with Gasteiger partial charge in [0.05, 0.1) is 50.7 Å². The van der Waals surface area contributed by atoms with Crippen LogP contribution in [0.3, 0.4) is 0 Å². The van der Waals surface area contributed by atoms with Gasteiger partial charge in [0.1, 0.15) is 17.1 Å². The lowest BCUT2D eigenvalue weighted by Gasteiger charge is -2.36. The molecular formula is C36H55N3O7. The molecule has 2 N–H and O–H groups in total. The number of ether oxygens (including phenoxy) is 5. The van der Waals surface area contributed by atoms with Crippen LogP contribution in [0.5, 0.6) is 11.5 Å². The highest BCUT2D eigenvalue weighted by Gasteiger charge is 2.32. The fourth-order valence-corrected chi connectivity index (χ4v) is 5.32. The number of hydrogen-bond donors (Lipinski definition) is 1. The molecule has 2 aromatic carbocycles. The van der Waals surface area contributed by atoms with Gasteiger partial charge in [0.15, 0.2) is 0 Å². The average Bonchev–Trinajstić information content (AvgIpc) is 3.00. The molecular weight excluding hydrogens is 586 g/mol. The molecule has 0 radical (unpaired) electrons. The Bertz CT molecular complexity index is 1250. The highest BCUT2D eigenvalue weighted by atomic mass is 16.6. The van der Waals surface area contributed by atoms with Crippen molar-refractivity contribution in [1.29, 1.82) is 0 Å². The van der Waals surface area contributed by atoms with Crippen molar-refractivity contribution >= 4 is 17.7 Å². The molecule has 0 spiro atoms. The zero-order chi connectivity index (χ0) is 33.9. The van der Waals surface area contributed by atoms with E-state index < -0.39 is 11.7 Å². The minimum absolute atomic E-state index is 0.0749. The standard InChI is InChI=1S/C36H55N3O7/c1-25-21-39(26(2)23-43-24-28-13-16-30(42-8)17-14-28)34(40)31-20-29(37)15-18-32(31)45-27(3)12-10-9-11-19-44-33(25)22-38(7)35(41)46-36(4,5)6/h13-18,20,25-27,33H,9-12,19,21-24,37H2,1-8H3/t25-,26+,27-,33+/m1/s1. The predicted molar refractivity (Wildman–Crippen MR) is 180 cm³/mol. The molecule has 2 aromatic rings. The monoisotopic (exact) mass is 641 g/mol. The van der Waals surface area contributed by atoms with Gasteiger partial charge in [-0.1, -0.05) is 25.5 Å². The number of likely N-dealkylation sites (N-methyl/N-ethyl adjacent to an activating group) is 1. The molecule has 1 aliphatic heterocycles. The Hall–Kier alpha value is -3.50. The Kier molecular flexibility index (Phi) is 14.0. The van der Waals surface area contributed by atoms with E-state index in [1.165, 1.54) is 0 Å². The molecule has 0 saturated carbocycles. The van der Waals surface area contributed by atoms with Gasteiger partial charge in [-0.15, -0.1) is 0 Å². The van der Waals surface area contributed by atoms with E-state index in [4.69, 9.17) is 29.4 Å². The lowest BCUT2D eigenvalue weighted by molar-refractivity contribution is -0.0263. The maximum absolute atomic E-state index is 14.4. The number of carbonyl (C=O) groups is 2. The largest absolute Gasteiger partial charge is 0.497 e. The Morgan fingerprint density at radius 3 is 2.50 bits per heavy atom. The number of carbonyl (C=O) groups excluding carboxylic acids is 2. The summed E-state index contributed by atoms with van der Waals surface area (Å²) < 4.78 is 29.7. The van der Waals surface area contributed by atoms with Gasteiger partial charge in [0, 0.05) is 31.8 Å². The molecule has 4 atom stereocenters. The van der Waals surface area contributed by atoms with Gasteiger partial charge in [-0.05, 0) is 89.8 Å². The number of hydrogen-bond acceptors (Lipinski definition) is 8. The SMILES string of the molecule is COc1ccc(COC[C@H](C)N2C[C@@H](C)[C@H](CN(C)C(=O)OC(C)(C)C)OCCCCC[C@@H](C)Oc3ccc(N)cc3C2=O)cc1. The lowest BCUT2D eigenvalue weighted by atomic mass is 10.0. The first-order valence-electron chi connectivity index (χ1n) is 16.4. The number of amides is 2. The summed E-state index contributed by atoms with van der Waals surface area (Å²) in [5.74, 6) is 0.966. The van der Waals surface area contributed by atoms with Gasteiger partial charge in [-0.3, -0.25) is 4.79 Å². The smallest absolute Gasteiger partial charge is 0.410 e. The quantitative estimate of drug-likeness (QED) is 0.323. The molecule has 46 heavy (non-hydrogen) atoms. The molecule has 0 aromatic heterocycles.